The molecule has 0 aromatic heterocycles. The van der Waals surface area contributed by atoms with E-state index in [9.17, 15) is 13.6 Å². The summed E-state index contributed by atoms with van der Waals surface area (Å²) in [7, 11) is 0. The van der Waals surface area contributed by atoms with Crippen LogP contribution in [0, 0.1) is 23.5 Å². The summed E-state index contributed by atoms with van der Waals surface area (Å²) in [5, 5.41) is 3.46. The highest BCUT2D eigenvalue weighted by atomic mass is 19.1. The molecule has 0 radical (unpaired) electrons. The van der Waals surface area contributed by atoms with Gasteiger partial charge in [0.25, 0.3) is 0 Å². The van der Waals surface area contributed by atoms with E-state index in [2.05, 4.69) is 10.2 Å². The minimum atomic E-state index is -0.642. The molecule has 3 N–H and O–H groups in total. The lowest BCUT2D eigenvalue weighted by Gasteiger charge is -2.43. The van der Waals surface area contributed by atoms with Gasteiger partial charge < -0.3 is 20.6 Å². The highest BCUT2D eigenvalue weighted by Gasteiger charge is 2.47. The highest BCUT2D eigenvalue weighted by molar-refractivity contribution is 5.55. The van der Waals surface area contributed by atoms with Gasteiger partial charge in [-0.2, -0.15) is 0 Å². The van der Waals surface area contributed by atoms with Crippen LogP contribution >= 0.6 is 0 Å². The van der Waals surface area contributed by atoms with E-state index >= 15 is 0 Å². The van der Waals surface area contributed by atoms with Crippen molar-refractivity contribution >= 4 is 6.29 Å². The fraction of sp³-hybridized carbons (Fsp3) is 0.609. The molecule has 3 aliphatic heterocycles. The Morgan fingerprint density at radius 1 is 1.23 bits per heavy atom. The number of hydrogen-bond donors (Lipinski definition) is 2. The third kappa shape index (κ3) is 3.42. The van der Waals surface area contributed by atoms with Gasteiger partial charge in [-0.25, -0.2) is 8.78 Å². The maximum Gasteiger partial charge on any atom is 0.129 e. The molecule has 162 valence electrons. The van der Waals surface area contributed by atoms with Crippen molar-refractivity contribution in [3.05, 3.63) is 46.5 Å². The molecule has 0 bridgehead atoms. The van der Waals surface area contributed by atoms with Crippen LogP contribution in [0.25, 0.3) is 0 Å². The second-order valence-electron chi connectivity index (χ2n) is 9.23. The standard InChI is InChI=1S/C23H29F2N3O2/c24-16-4-5-19(25)17(7-16)23-20(26)6-14(12-30-23)22-18-9-27-8-15(18)10-28(22)21-3-1-2-13(21)11-29/h4-5,7,11,13-14,20-23,27H,1-3,6,8-10,12,26H2/t13?,14-,20-,21?,22?,23+/m0/s1. The predicted molar refractivity (Wildman–Crippen MR) is 109 cm³/mol. The van der Waals surface area contributed by atoms with Crippen LogP contribution in [0.2, 0.25) is 0 Å². The van der Waals surface area contributed by atoms with Gasteiger partial charge in [-0.15, -0.1) is 0 Å². The van der Waals surface area contributed by atoms with Gasteiger partial charge in [0.15, 0.2) is 0 Å². The molecule has 1 aliphatic carbocycles. The molecule has 3 unspecified atom stereocenters. The maximum absolute atomic E-state index is 14.3. The number of benzene rings is 1. The summed E-state index contributed by atoms with van der Waals surface area (Å²) >= 11 is 0. The molecule has 1 aromatic carbocycles. The second-order valence-corrected chi connectivity index (χ2v) is 9.23. The van der Waals surface area contributed by atoms with Crippen molar-refractivity contribution in [2.45, 2.75) is 49.9 Å². The third-order valence-corrected chi connectivity index (χ3v) is 7.49. The molecule has 3 heterocycles. The number of halogens is 2. The molecule has 0 spiro atoms. The Bertz CT molecular complexity index is 861. The van der Waals surface area contributed by atoms with Crippen molar-refractivity contribution in [3.63, 3.8) is 0 Å². The van der Waals surface area contributed by atoms with Gasteiger partial charge in [-0.3, -0.25) is 4.90 Å². The maximum atomic E-state index is 14.3. The molecule has 30 heavy (non-hydrogen) atoms. The number of ether oxygens (including phenoxy) is 1. The first-order valence-electron chi connectivity index (χ1n) is 11.0. The van der Waals surface area contributed by atoms with Crippen molar-refractivity contribution in [2.75, 3.05) is 26.2 Å². The van der Waals surface area contributed by atoms with Crippen molar-refractivity contribution < 1.29 is 18.3 Å². The van der Waals surface area contributed by atoms with E-state index in [1.165, 1.54) is 17.2 Å². The average molecular weight is 418 g/mol. The van der Waals surface area contributed by atoms with Crippen molar-refractivity contribution in [2.24, 2.45) is 17.6 Å². The average Bonchev–Trinajstić information content (AvgIpc) is 3.44. The summed E-state index contributed by atoms with van der Waals surface area (Å²) in [6.45, 7) is 3.11. The van der Waals surface area contributed by atoms with Gasteiger partial charge in [0.05, 0.1) is 6.61 Å². The molecule has 1 aromatic rings. The molecule has 7 heteroatoms. The topological polar surface area (TPSA) is 67.6 Å². The summed E-state index contributed by atoms with van der Waals surface area (Å²) < 4.78 is 34.1. The molecular weight excluding hydrogens is 388 g/mol. The Morgan fingerprint density at radius 3 is 2.90 bits per heavy atom. The Kier molecular flexibility index (Phi) is 5.47. The van der Waals surface area contributed by atoms with E-state index in [1.54, 1.807) is 0 Å². The molecule has 5 rings (SSSR count). The quantitative estimate of drug-likeness (QED) is 0.581. The van der Waals surface area contributed by atoms with Gasteiger partial charge in [0, 0.05) is 55.2 Å². The number of aldehydes is 1. The molecule has 1 saturated heterocycles. The third-order valence-electron chi connectivity index (χ3n) is 7.49. The molecular formula is C23H29F2N3O2. The molecule has 2 fully saturated rings. The first-order chi connectivity index (χ1) is 14.6. The predicted octanol–water partition coefficient (Wildman–Crippen LogP) is 2.32. The molecule has 1 saturated carbocycles. The van der Waals surface area contributed by atoms with Gasteiger partial charge >= 0.3 is 0 Å². The minimum absolute atomic E-state index is 0.0906. The Labute approximate surface area is 175 Å². The van der Waals surface area contributed by atoms with Crippen LogP contribution in [-0.2, 0) is 9.53 Å². The summed E-state index contributed by atoms with van der Waals surface area (Å²) in [6, 6.07) is 3.49. The zero-order valence-electron chi connectivity index (χ0n) is 17.0. The van der Waals surface area contributed by atoms with E-state index in [1.807, 2.05) is 0 Å². The van der Waals surface area contributed by atoms with E-state index in [0.717, 1.165) is 57.3 Å². The Hall–Kier alpha value is -1.67. The number of nitrogens with one attached hydrogen (secondary N) is 1. The molecule has 6 atom stereocenters. The van der Waals surface area contributed by atoms with Crippen LogP contribution in [0.15, 0.2) is 29.3 Å². The molecule has 4 aliphatic rings. The van der Waals surface area contributed by atoms with Crippen LogP contribution in [0.1, 0.15) is 37.4 Å². The van der Waals surface area contributed by atoms with Crippen molar-refractivity contribution in [1.82, 2.24) is 10.2 Å². The number of nitrogens with two attached hydrogens (primary N) is 1. The van der Waals surface area contributed by atoms with E-state index in [0.29, 0.717) is 13.0 Å². The monoisotopic (exact) mass is 417 g/mol. The van der Waals surface area contributed by atoms with E-state index in [4.69, 9.17) is 10.5 Å². The van der Waals surface area contributed by atoms with E-state index in [-0.39, 0.29) is 29.5 Å². The number of rotatable bonds is 4. The largest absolute Gasteiger partial charge is 0.371 e. The van der Waals surface area contributed by atoms with Crippen LogP contribution in [0.4, 0.5) is 8.78 Å². The number of hydrogen-bond acceptors (Lipinski definition) is 5. The number of nitrogens with zero attached hydrogens (tertiary/aromatic N) is 1. The SMILES string of the molecule is N[C@H]1C[C@H](C2C3=C(CNC3)CN2C2CCCC2C=O)CO[C@@H]1c1cc(F)ccc1F. The van der Waals surface area contributed by atoms with Gasteiger partial charge in [-0.05, 0) is 48.6 Å². The second kappa shape index (κ2) is 8.11. The summed E-state index contributed by atoms with van der Waals surface area (Å²) in [6.07, 6.45) is 4.25. The van der Waals surface area contributed by atoms with Crippen molar-refractivity contribution in [3.8, 4) is 0 Å². The normalized spacial score (nSPS) is 37.0. The van der Waals surface area contributed by atoms with Crippen LogP contribution < -0.4 is 11.1 Å². The first-order valence-corrected chi connectivity index (χ1v) is 11.0. The fourth-order valence-corrected chi connectivity index (χ4v) is 6.16. The lowest BCUT2D eigenvalue weighted by Crippen LogP contribution is -2.52. The number of carbonyl (C=O) groups is 1. The van der Waals surface area contributed by atoms with Crippen LogP contribution in [0.3, 0.4) is 0 Å². The first kappa shape index (κ1) is 20.2. The fourth-order valence-electron chi connectivity index (χ4n) is 6.16. The summed E-state index contributed by atoms with van der Waals surface area (Å²) in [5.74, 6) is -0.706. The van der Waals surface area contributed by atoms with Crippen LogP contribution in [0.5, 0.6) is 0 Å². The van der Waals surface area contributed by atoms with Gasteiger partial charge in [0.2, 0.25) is 0 Å². The smallest absolute Gasteiger partial charge is 0.129 e. The molecule has 0 amide bonds. The van der Waals surface area contributed by atoms with Crippen LogP contribution in [-0.4, -0.2) is 55.6 Å². The van der Waals surface area contributed by atoms with E-state index < -0.39 is 23.8 Å². The Morgan fingerprint density at radius 2 is 2.10 bits per heavy atom. The lowest BCUT2D eigenvalue weighted by atomic mass is 9.82. The van der Waals surface area contributed by atoms with Gasteiger partial charge in [-0.1, -0.05) is 6.42 Å². The minimum Gasteiger partial charge on any atom is -0.371 e. The molecule has 5 nitrogen and oxygen atoms in total. The van der Waals surface area contributed by atoms with Crippen molar-refractivity contribution in [1.29, 1.82) is 0 Å². The summed E-state index contributed by atoms with van der Waals surface area (Å²) in [4.78, 5) is 14.2. The summed E-state index contributed by atoms with van der Waals surface area (Å²) in [5.41, 5.74) is 9.51. The Balaban J connectivity index is 1.37. The number of carbonyl (C=O) groups excluding carboxylic acids is 1. The van der Waals surface area contributed by atoms with Gasteiger partial charge in [0.1, 0.15) is 24.0 Å². The zero-order valence-corrected chi connectivity index (χ0v) is 17.0. The lowest BCUT2D eigenvalue weighted by molar-refractivity contribution is -0.113. The highest BCUT2D eigenvalue weighted by Crippen LogP contribution is 2.43. The zero-order chi connectivity index (χ0) is 20.8.